The summed E-state index contributed by atoms with van der Waals surface area (Å²) in [7, 11) is 1.69. The molecule has 0 spiro atoms. The van der Waals surface area contributed by atoms with Crippen LogP contribution in [0, 0.1) is 20.8 Å². The average molecular weight is 274 g/mol. The van der Waals surface area contributed by atoms with Crippen LogP contribution in [0.3, 0.4) is 0 Å². The lowest BCUT2D eigenvalue weighted by atomic mass is 9.77. The first-order chi connectivity index (χ1) is 9.43. The standard InChI is InChI=1S/C17H22O3/c1-10-5-11(2)17(12(3)16(10)9-20-4)13-6-14(18)8-15(19)7-13/h5,13H,6-9H2,1-4H3. The lowest BCUT2D eigenvalue weighted by Gasteiger charge is -2.26. The number of Topliss-reactive ketones (excluding diaryl/α,β-unsaturated/α-hetero) is 2. The highest BCUT2D eigenvalue weighted by Crippen LogP contribution is 2.36. The predicted molar refractivity (Wildman–Crippen MR) is 78.0 cm³/mol. The maximum atomic E-state index is 11.7. The smallest absolute Gasteiger partial charge is 0.140 e. The summed E-state index contributed by atoms with van der Waals surface area (Å²) in [6.07, 6.45) is 1.09. The zero-order valence-corrected chi connectivity index (χ0v) is 12.7. The fourth-order valence-electron chi connectivity index (χ4n) is 3.43. The fourth-order valence-corrected chi connectivity index (χ4v) is 3.43. The number of aryl methyl sites for hydroxylation is 2. The maximum Gasteiger partial charge on any atom is 0.140 e. The molecule has 0 heterocycles. The van der Waals surface area contributed by atoms with Crippen LogP contribution < -0.4 is 0 Å². The minimum atomic E-state index is 0.0416. The van der Waals surface area contributed by atoms with Crippen molar-refractivity contribution >= 4 is 11.6 Å². The van der Waals surface area contributed by atoms with E-state index in [9.17, 15) is 9.59 Å². The molecule has 1 saturated carbocycles. The Hall–Kier alpha value is -1.48. The SMILES string of the molecule is COCc1c(C)cc(C)c(C2CC(=O)CC(=O)C2)c1C. The molecule has 1 aromatic carbocycles. The molecule has 108 valence electrons. The van der Waals surface area contributed by atoms with E-state index in [0.717, 1.165) is 0 Å². The molecule has 3 nitrogen and oxygen atoms in total. The highest BCUT2D eigenvalue weighted by atomic mass is 16.5. The summed E-state index contributed by atoms with van der Waals surface area (Å²) in [5, 5.41) is 0. The van der Waals surface area contributed by atoms with E-state index in [-0.39, 0.29) is 23.9 Å². The van der Waals surface area contributed by atoms with Gasteiger partial charge in [0.15, 0.2) is 0 Å². The van der Waals surface area contributed by atoms with Crippen LogP contribution >= 0.6 is 0 Å². The molecule has 0 radical (unpaired) electrons. The van der Waals surface area contributed by atoms with E-state index < -0.39 is 0 Å². The van der Waals surface area contributed by atoms with Crippen molar-refractivity contribution in [2.45, 2.75) is 52.6 Å². The molecule has 0 atom stereocenters. The summed E-state index contributed by atoms with van der Waals surface area (Å²) in [4.78, 5) is 23.4. The van der Waals surface area contributed by atoms with Gasteiger partial charge in [0.05, 0.1) is 13.0 Å². The second-order valence-corrected chi connectivity index (χ2v) is 5.82. The van der Waals surface area contributed by atoms with E-state index in [4.69, 9.17) is 4.74 Å². The molecular formula is C17H22O3. The summed E-state index contributed by atoms with van der Waals surface area (Å²) in [6, 6.07) is 2.14. The molecule has 20 heavy (non-hydrogen) atoms. The molecule has 1 aromatic rings. The summed E-state index contributed by atoms with van der Waals surface area (Å²) in [6.45, 7) is 6.79. The first kappa shape index (κ1) is 14.9. The molecule has 0 amide bonds. The number of ether oxygens (including phenoxy) is 1. The summed E-state index contributed by atoms with van der Waals surface area (Å²) in [5.74, 6) is 0.179. The van der Waals surface area contributed by atoms with Crippen molar-refractivity contribution in [2.75, 3.05) is 7.11 Å². The van der Waals surface area contributed by atoms with Gasteiger partial charge in [-0.15, -0.1) is 0 Å². The number of hydrogen-bond acceptors (Lipinski definition) is 3. The molecule has 0 saturated heterocycles. The van der Waals surface area contributed by atoms with Gasteiger partial charge in [0, 0.05) is 20.0 Å². The van der Waals surface area contributed by atoms with Gasteiger partial charge in [-0.3, -0.25) is 9.59 Å². The third-order valence-corrected chi connectivity index (χ3v) is 4.23. The number of ketones is 2. The van der Waals surface area contributed by atoms with E-state index in [0.29, 0.717) is 19.4 Å². The minimum absolute atomic E-state index is 0.0416. The number of hydrogen-bond donors (Lipinski definition) is 0. The van der Waals surface area contributed by atoms with Crippen LogP contribution in [0.15, 0.2) is 6.07 Å². The highest BCUT2D eigenvalue weighted by Gasteiger charge is 2.29. The Balaban J connectivity index is 2.47. The maximum absolute atomic E-state index is 11.7. The van der Waals surface area contributed by atoms with E-state index in [1.807, 2.05) is 0 Å². The molecule has 0 aromatic heterocycles. The molecule has 2 rings (SSSR count). The largest absolute Gasteiger partial charge is 0.380 e. The number of carbonyl (C=O) groups is 2. The summed E-state index contributed by atoms with van der Waals surface area (Å²) < 4.78 is 5.28. The van der Waals surface area contributed by atoms with Gasteiger partial charge in [-0.25, -0.2) is 0 Å². The van der Waals surface area contributed by atoms with Gasteiger partial charge in [0.1, 0.15) is 11.6 Å². The van der Waals surface area contributed by atoms with Crippen LogP contribution in [0.5, 0.6) is 0 Å². The van der Waals surface area contributed by atoms with E-state index >= 15 is 0 Å². The molecule has 1 aliphatic carbocycles. The van der Waals surface area contributed by atoms with Crippen molar-refractivity contribution in [3.05, 3.63) is 33.9 Å². The van der Waals surface area contributed by atoms with Crippen LogP contribution in [0.4, 0.5) is 0 Å². The van der Waals surface area contributed by atoms with Crippen molar-refractivity contribution in [2.24, 2.45) is 0 Å². The van der Waals surface area contributed by atoms with Crippen molar-refractivity contribution in [1.29, 1.82) is 0 Å². The van der Waals surface area contributed by atoms with Crippen molar-refractivity contribution in [3.8, 4) is 0 Å². The Labute approximate surface area is 120 Å². The molecule has 3 heteroatoms. The van der Waals surface area contributed by atoms with E-state index in [2.05, 4.69) is 26.8 Å². The lowest BCUT2D eigenvalue weighted by Crippen LogP contribution is -2.23. The molecule has 0 bridgehead atoms. The summed E-state index contributed by atoms with van der Waals surface area (Å²) >= 11 is 0. The zero-order chi connectivity index (χ0) is 14.9. The lowest BCUT2D eigenvalue weighted by molar-refractivity contribution is -0.130. The Bertz CT molecular complexity index is 542. The minimum Gasteiger partial charge on any atom is -0.380 e. The van der Waals surface area contributed by atoms with Gasteiger partial charge in [-0.1, -0.05) is 6.07 Å². The van der Waals surface area contributed by atoms with Gasteiger partial charge in [-0.05, 0) is 54.5 Å². The third kappa shape index (κ3) is 2.83. The zero-order valence-electron chi connectivity index (χ0n) is 12.7. The van der Waals surface area contributed by atoms with Gasteiger partial charge in [0.2, 0.25) is 0 Å². The third-order valence-electron chi connectivity index (χ3n) is 4.23. The van der Waals surface area contributed by atoms with Gasteiger partial charge in [-0.2, -0.15) is 0 Å². The Morgan fingerprint density at radius 3 is 2.25 bits per heavy atom. The van der Waals surface area contributed by atoms with Crippen LogP contribution in [-0.2, 0) is 20.9 Å². The monoisotopic (exact) mass is 274 g/mol. The fraction of sp³-hybridized carbons (Fsp3) is 0.529. The summed E-state index contributed by atoms with van der Waals surface area (Å²) in [5.41, 5.74) is 5.91. The second-order valence-electron chi connectivity index (χ2n) is 5.82. The van der Waals surface area contributed by atoms with Gasteiger partial charge in [0.25, 0.3) is 0 Å². The Morgan fingerprint density at radius 1 is 1.10 bits per heavy atom. The molecule has 0 aliphatic heterocycles. The predicted octanol–water partition coefficient (Wildman–Crippen LogP) is 3.16. The first-order valence-electron chi connectivity index (χ1n) is 7.06. The highest BCUT2D eigenvalue weighted by molar-refractivity contribution is 6.02. The Morgan fingerprint density at radius 2 is 1.70 bits per heavy atom. The average Bonchev–Trinajstić information content (AvgIpc) is 2.33. The van der Waals surface area contributed by atoms with Gasteiger partial charge >= 0.3 is 0 Å². The molecular weight excluding hydrogens is 252 g/mol. The number of methoxy groups -OCH3 is 1. The molecule has 1 fully saturated rings. The van der Waals surface area contributed by atoms with Crippen LogP contribution in [-0.4, -0.2) is 18.7 Å². The van der Waals surface area contributed by atoms with Crippen LogP contribution in [0.2, 0.25) is 0 Å². The van der Waals surface area contributed by atoms with Gasteiger partial charge < -0.3 is 4.74 Å². The van der Waals surface area contributed by atoms with Crippen molar-refractivity contribution < 1.29 is 14.3 Å². The quantitative estimate of drug-likeness (QED) is 0.795. The number of carbonyl (C=O) groups excluding carboxylic acids is 2. The molecule has 0 unspecified atom stereocenters. The van der Waals surface area contributed by atoms with E-state index in [1.54, 1.807) is 7.11 Å². The normalized spacial score (nSPS) is 16.8. The molecule has 1 aliphatic rings. The van der Waals surface area contributed by atoms with Crippen LogP contribution in [0.1, 0.15) is 53.0 Å². The van der Waals surface area contributed by atoms with Crippen molar-refractivity contribution in [1.82, 2.24) is 0 Å². The van der Waals surface area contributed by atoms with E-state index in [1.165, 1.54) is 27.8 Å². The van der Waals surface area contributed by atoms with Crippen LogP contribution in [0.25, 0.3) is 0 Å². The first-order valence-corrected chi connectivity index (χ1v) is 7.06. The number of benzene rings is 1. The van der Waals surface area contributed by atoms with Crippen molar-refractivity contribution in [3.63, 3.8) is 0 Å². The topological polar surface area (TPSA) is 43.4 Å². The Kier molecular flexibility index (Phi) is 4.39. The second kappa shape index (κ2) is 5.88. The number of rotatable bonds is 3. The molecule has 0 N–H and O–H groups in total.